The third-order valence-corrected chi connectivity index (χ3v) is 5.02. The number of nitrogens with zero attached hydrogens (tertiary/aromatic N) is 2. The Morgan fingerprint density at radius 1 is 1.08 bits per heavy atom. The summed E-state index contributed by atoms with van der Waals surface area (Å²) in [6.07, 6.45) is 2.99. The molecule has 0 radical (unpaired) electrons. The number of anilines is 1. The number of aromatic amines is 1. The van der Waals surface area contributed by atoms with Crippen LogP contribution in [0.25, 0.3) is 21.9 Å². The van der Waals surface area contributed by atoms with Crippen molar-refractivity contribution in [2.24, 2.45) is 0 Å². The quantitative estimate of drug-likeness (QED) is 0.388. The zero-order valence-corrected chi connectivity index (χ0v) is 14.9. The summed E-state index contributed by atoms with van der Waals surface area (Å²) in [5, 5.41) is 4.88. The van der Waals surface area contributed by atoms with E-state index in [-0.39, 0.29) is 5.91 Å². The van der Waals surface area contributed by atoms with E-state index in [1.807, 2.05) is 54.6 Å². The molecule has 0 aliphatic heterocycles. The van der Waals surface area contributed by atoms with Crippen LogP contribution in [0.5, 0.6) is 0 Å². The fourth-order valence-electron chi connectivity index (χ4n) is 2.82. The summed E-state index contributed by atoms with van der Waals surface area (Å²) in [4.78, 5) is 24.4. The minimum absolute atomic E-state index is 0.00774. The number of carbonyl (C=O) groups excluding carboxylic acids is 1. The normalized spacial score (nSPS) is 11.1. The van der Waals surface area contributed by atoms with E-state index in [0.29, 0.717) is 6.42 Å². The van der Waals surface area contributed by atoms with Gasteiger partial charge in [0.1, 0.15) is 0 Å². The van der Waals surface area contributed by atoms with Gasteiger partial charge < -0.3 is 10.3 Å². The van der Waals surface area contributed by atoms with Gasteiger partial charge in [0.15, 0.2) is 5.16 Å². The van der Waals surface area contributed by atoms with Gasteiger partial charge in [-0.25, -0.2) is 4.98 Å². The number of imidazole rings is 1. The molecular formula is C20H18N4OS. The van der Waals surface area contributed by atoms with Gasteiger partial charge >= 0.3 is 0 Å². The number of para-hydroxylation sites is 3. The van der Waals surface area contributed by atoms with Gasteiger partial charge in [-0.05, 0) is 30.7 Å². The Labute approximate surface area is 155 Å². The minimum atomic E-state index is 0.00774. The van der Waals surface area contributed by atoms with Crippen molar-refractivity contribution in [3.8, 4) is 0 Å². The van der Waals surface area contributed by atoms with Crippen LogP contribution < -0.4 is 5.32 Å². The van der Waals surface area contributed by atoms with E-state index in [1.54, 1.807) is 18.0 Å². The topological polar surface area (TPSA) is 70.7 Å². The number of nitrogens with one attached hydrogen (secondary N) is 2. The van der Waals surface area contributed by atoms with Crippen molar-refractivity contribution in [2.45, 2.75) is 18.0 Å². The second kappa shape index (κ2) is 7.58. The number of hydrogen-bond acceptors (Lipinski definition) is 4. The number of H-pyrrole nitrogens is 1. The van der Waals surface area contributed by atoms with Crippen molar-refractivity contribution in [2.75, 3.05) is 11.1 Å². The van der Waals surface area contributed by atoms with Crippen LogP contribution >= 0.6 is 11.8 Å². The highest BCUT2D eigenvalue weighted by Crippen LogP contribution is 2.22. The molecule has 0 spiro atoms. The molecule has 1 amide bonds. The van der Waals surface area contributed by atoms with Crippen molar-refractivity contribution < 1.29 is 4.79 Å². The van der Waals surface area contributed by atoms with Gasteiger partial charge in [0.05, 0.1) is 22.2 Å². The van der Waals surface area contributed by atoms with E-state index < -0.39 is 0 Å². The lowest BCUT2D eigenvalue weighted by Crippen LogP contribution is -2.12. The fourth-order valence-corrected chi connectivity index (χ4v) is 3.64. The number of benzene rings is 2. The maximum atomic E-state index is 12.2. The zero-order chi connectivity index (χ0) is 17.8. The first-order valence-electron chi connectivity index (χ1n) is 8.51. The number of pyridine rings is 1. The molecule has 0 atom stereocenters. The first-order valence-corrected chi connectivity index (χ1v) is 9.49. The van der Waals surface area contributed by atoms with Crippen molar-refractivity contribution >= 4 is 45.3 Å². The standard InChI is InChI=1S/C20H18N4OS/c25-18(22-17-10-3-6-14-7-4-12-21-19(14)17)11-5-13-26-20-23-15-8-1-2-9-16(15)24-20/h1-4,6-10,12H,5,11,13H2,(H,22,25)(H,23,24). The summed E-state index contributed by atoms with van der Waals surface area (Å²) >= 11 is 1.64. The summed E-state index contributed by atoms with van der Waals surface area (Å²) in [6.45, 7) is 0. The van der Waals surface area contributed by atoms with Crippen LogP contribution in [0.1, 0.15) is 12.8 Å². The first-order chi connectivity index (χ1) is 12.8. The van der Waals surface area contributed by atoms with Crippen LogP contribution in [0.15, 0.2) is 66.0 Å². The minimum Gasteiger partial charge on any atom is -0.333 e. The predicted octanol–water partition coefficient (Wildman–Crippen LogP) is 4.62. The van der Waals surface area contributed by atoms with Crippen LogP contribution in [-0.2, 0) is 4.79 Å². The van der Waals surface area contributed by atoms with E-state index in [9.17, 15) is 4.79 Å². The van der Waals surface area contributed by atoms with Crippen LogP contribution in [-0.4, -0.2) is 26.6 Å². The van der Waals surface area contributed by atoms with Gasteiger partial charge in [-0.2, -0.15) is 0 Å². The molecule has 2 aromatic carbocycles. The molecule has 130 valence electrons. The first kappa shape index (κ1) is 16.6. The van der Waals surface area contributed by atoms with Gasteiger partial charge in [-0.15, -0.1) is 0 Å². The molecule has 0 aliphatic carbocycles. The third-order valence-electron chi connectivity index (χ3n) is 4.06. The zero-order valence-electron chi connectivity index (χ0n) is 14.1. The number of aromatic nitrogens is 3. The smallest absolute Gasteiger partial charge is 0.224 e. The lowest BCUT2D eigenvalue weighted by Gasteiger charge is -2.07. The molecule has 0 unspecified atom stereocenters. The second-order valence-corrected chi connectivity index (χ2v) is 7.02. The molecule has 2 aromatic heterocycles. The van der Waals surface area contributed by atoms with Crippen LogP contribution in [0.4, 0.5) is 5.69 Å². The van der Waals surface area contributed by atoms with Crippen LogP contribution in [0.2, 0.25) is 0 Å². The molecule has 2 N–H and O–H groups in total. The Kier molecular flexibility index (Phi) is 4.84. The summed E-state index contributed by atoms with van der Waals surface area (Å²) in [5.41, 5.74) is 3.59. The monoisotopic (exact) mass is 362 g/mol. The highest BCUT2D eigenvalue weighted by Gasteiger charge is 2.07. The molecule has 2 heterocycles. The van der Waals surface area contributed by atoms with Crippen LogP contribution in [0.3, 0.4) is 0 Å². The Morgan fingerprint density at radius 2 is 1.96 bits per heavy atom. The molecule has 4 rings (SSSR count). The summed E-state index contributed by atoms with van der Waals surface area (Å²) in [6, 6.07) is 17.6. The molecule has 26 heavy (non-hydrogen) atoms. The Balaban J connectivity index is 1.30. The average Bonchev–Trinajstić information content (AvgIpc) is 3.08. The molecule has 4 aromatic rings. The van der Waals surface area contributed by atoms with Gasteiger partial charge in [0, 0.05) is 23.8 Å². The molecule has 0 bridgehead atoms. The molecule has 0 saturated heterocycles. The summed E-state index contributed by atoms with van der Waals surface area (Å²) in [5.74, 6) is 0.842. The number of fused-ring (bicyclic) bond motifs is 2. The number of amides is 1. The lowest BCUT2D eigenvalue weighted by molar-refractivity contribution is -0.116. The molecule has 6 heteroatoms. The molecule has 0 saturated carbocycles. The van der Waals surface area contributed by atoms with Crippen molar-refractivity contribution in [1.82, 2.24) is 15.0 Å². The summed E-state index contributed by atoms with van der Waals surface area (Å²) in [7, 11) is 0. The molecular weight excluding hydrogens is 344 g/mol. The van der Waals surface area contributed by atoms with Gasteiger partial charge in [0.2, 0.25) is 5.91 Å². The Bertz CT molecular complexity index is 1020. The van der Waals surface area contributed by atoms with Crippen molar-refractivity contribution in [3.63, 3.8) is 0 Å². The summed E-state index contributed by atoms with van der Waals surface area (Å²) < 4.78 is 0. The highest BCUT2D eigenvalue weighted by atomic mass is 32.2. The highest BCUT2D eigenvalue weighted by molar-refractivity contribution is 7.99. The Morgan fingerprint density at radius 3 is 2.88 bits per heavy atom. The van der Waals surface area contributed by atoms with E-state index in [1.165, 1.54) is 0 Å². The maximum Gasteiger partial charge on any atom is 0.224 e. The van der Waals surface area contributed by atoms with E-state index in [4.69, 9.17) is 0 Å². The molecule has 0 aliphatic rings. The van der Waals surface area contributed by atoms with Crippen molar-refractivity contribution in [1.29, 1.82) is 0 Å². The Hall–Kier alpha value is -2.86. The fraction of sp³-hybridized carbons (Fsp3) is 0.150. The third kappa shape index (κ3) is 3.70. The predicted molar refractivity (Wildman–Crippen MR) is 106 cm³/mol. The number of carbonyl (C=O) groups is 1. The van der Waals surface area contributed by atoms with E-state index in [2.05, 4.69) is 20.3 Å². The number of thioether (sulfide) groups is 1. The number of rotatable bonds is 6. The SMILES string of the molecule is O=C(CCCSc1nc2ccccc2[nH]1)Nc1cccc2cccnc12. The van der Waals surface area contributed by atoms with E-state index in [0.717, 1.165) is 45.0 Å². The average molecular weight is 362 g/mol. The second-order valence-electron chi connectivity index (χ2n) is 5.94. The molecule has 0 fully saturated rings. The van der Waals surface area contributed by atoms with Gasteiger partial charge in [-0.3, -0.25) is 9.78 Å². The molecule has 5 nitrogen and oxygen atoms in total. The van der Waals surface area contributed by atoms with Gasteiger partial charge in [-0.1, -0.05) is 42.1 Å². The van der Waals surface area contributed by atoms with Gasteiger partial charge in [0.25, 0.3) is 0 Å². The largest absolute Gasteiger partial charge is 0.333 e. The maximum absolute atomic E-state index is 12.2. The number of hydrogen-bond donors (Lipinski definition) is 2. The lowest BCUT2D eigenvalue weighted by atomic mass is 10.2. The van der Waals surface area contributed by atoms with E-state index >= 15 is 0 Å². The van der Waals surface area contributed by atoms with Crippen molar-refractivity contribution in [3.05, 3.63) is 60.8 Å². The van der Waals surface area contributed by atoms with Crippen LogP contribution in [0, 0.1) is 0 Å².